The molecule has 13 heavy (non-hydrogen) atoms. The normalized spacial score (nSPS) is 16.4. The van der Waals surface area contributed by atoms with Gasteiger partial charge >= 0.3 is 0 Å². The SMILES string of the molecule is CN1CCc2onc(N=C=O)c2C1. The van der Waals surface area contributed by atoms with Crippen LogP contribution in [0.15, 0.2) is 9.52 Å². The lowest BCUT2D eigenvalue weighted by Crippen LogP contribution is -2.25. The second kappa shape index (κ2) is 3.12. The van der Waals surface area contributed by atoms with Crippen LogP contribution in [-0.2, 0) is 17.8 Å². The summed E-state index contributed by atoms with van der Waals surface area (Å²) in [5.74, 6) is 1.21. The molecule has 0 spiro atoms. The third-order valence-electron chi connectivity index (χ3n) is 2.15. The highest BCUT2D eigenvalue weighted by molar-refractivity contribution is 5.49. The van der Waals surface area contributed by atoms with Crippen molar-refractivity contribution in [3.8, 4) is 0 Å². The van der Waals surface area contributed by atoms with Gasteiger partial charge in [0.15, 0.2) is 0 Å². The van der Waals surface area contributed by atoms with Crippen molar-refractivity contribution in [1.82, 2.24) is 10.1 Å². The summed E-state index contributed by atoms with van der Waals surface area (Å²) >= 11 is 0. The summed E-state index contributed by atoms with van der Waals surface area (Å²) in [5.41, 5.74) is 0.914. The predicted octanol–water partition coefficient (Wildman–Crippen LogP) is 0.630. The second-order valence-electron chi connectivity index (χ2n) is 3.10. The number of aromatic nitrogens is 1. The first-order chi connectivity index (χ1) is 6.31. The van der Waals surface area contributed by atoms with Gasteiger partial charge in [-0.15, -0.1) is 4.99 Å². The van der Waals surface area contributed by atoms with Crippen LogP contribution < -0.4 is 0 Å². The van der Waals surface area contributed by atoms with E-state index in [2.05, 4.69) is 15.0 Å². The van der Waals surface area contributed by atoms with Gasteiger partial charge in [-0.2, -0.15) is 0 Å². The van der Waals surface area contributed by atoms with E-state index in [0.29, 0.717) is 5.82 Å². The van der Waals surface area contributed by atoms with E-state index < -0.39 is 0 Å². The standard InChI is InChI=1S/C8H9N3O2/c1-11-3-2-7-6(4-11)8(9-5-12)10-13-7/h2-4H2,1H3. The number of isocyanates is 1. The van der Waals surface area contributed by atoms with E-state index in [4.69, 9.17) is 4.52 Å². The zero-order valence-electron chi connectivity index (χ0n) is 7.28. The minimum absolute atomic E-state index is 0.372. The molecule has 2 heterocycles. The average molecular weight is 179 g/mol. The largest absolute Gasteiger partial charge is 0.359 e. The number of rotatable bonds is 1. The zero-order chi connectivity index (χ0) is 9.26. The maximum absolute atomic E-state index is 10.1. The van der Waals surface area contributed by atoms with Crippen molar-refractivity contribution in [2.24, 2.45) is 4.99 Å². The van der Waals surface area contributed by atoms with Crippen LogP contribution in [0.25, 0.3) is 0 Å². The molecule has 0 amide bonds. The lowest BCUT2D eigenvalue weighted by atomic mass is 10.1. The van der Waals surface area contributed by atoms with Crippen LogP contribution in [0, 0.1) is 0 Å². The number of carbonyl (C=O) groups excluding carboxylic acids is 1. The van der Waals surface area contributed by atoms with Crippen molar-refractivity contribution in [1.29, 1.82) is 0 Å². The molecule has 1 aliphatic heterocycles. The summed E-state index contributed by atoms with van der Waals surface area (Å²) in [6.07, 6.45) is 2.30. The number of fused-ring (bicyclic) bond motifs is 1. The van der Waals surface area contributed by atoms with Crippen LogP contribution in [0.3, 0.4) is 0 Å². The van der Waals surface area contributed by atoms with Crippen molar-refractivity contribution < 1.29 is 9.32 Å². The Labute approximate surface area is 75.0 Å². The summed E-state index contributed by atoms with van der Waals surface area (Å²) < 4.78 is 5.04. The Bertz CT molecular complexity index is 365. The molecule has 0 aromatic carbocycles. The first kappa shape index (κ1) is 8.16. The third-order valence-corrected chi connectivity index (χ3v) is 2.15. The fourth-order valence-corrected chi connectivity index (χ4v) is 1.46. The Morgan fingerprint density at radius 1 is 1.69 bits per heavy atom. The van der Waals surface area contributed by atoms with Gasteiger partial charge < -0.3 is 9.42 Å². The van der Waals surface area contributed by atoms with Gasteiger partial charge in [-0.25, -0.2) is 4.79 Å². The van der Waals surface area contributed by atoms with Gasteiger partial charge in [-0.3, -0.25) is 0 Å². The van der Waals surface area contributed by atoms with Crippen molar-refractivity contribution in [3.05, 3.63) is 11.3 Å². The molecule has 2 rings (SSSR count). The van der Waals surface area contributed by atoms with Crippen molar-refractivity contribution in [3.63, 3.8) is 0 Å². The van der Waals surface area contributed by atoms with E-state index in [1.807, 2.05) is 7.05 Å². The van der Waals surface area contributed by atoms with Crippen LogP contribution in [0.4, 0.5) is 5.82 Å². The predicted molar refractivity (Wildman–Crippen MR) is 44.3 cm³/mol. The molecule has 0 N–H and O–H groups in total. The van der Waals surface area contributed by atoms with Crippen LogP contribution in [0.5, 0.6) is 0 Å². The Balaban J connectivity index is 2.40. The number of likely N-dealkylation sites (N-methyl/N-ethyl adjacent to an activating group) is 1. The summed E-state index contributed by atoms with van der Waals surface area (Å²) in [5, 5.41) is 3.69. The lowest BCUT2D eigenvalue weighted by Gasteiger charge is -2.19. The molecular weight excluding hydrogens is 170 g/mol. The van der Waals surface area contributed by atoms with Crippen molar-refractivity contribution >= 4 is 11.9 Å². The van der Waals surface area contributed by atoms with Gasteiger partial charge in [-0.05, 0) is 7.05 Å². The van der Waals surface area contributed by atoms with Gasteiger partial charge in [0.1, 0.15) is 5.76 Å². The van der Waals surface area contributed by atoms with E-state index in [1.165, 1.54) is 6.08 Å². The maximum atomic E-state index is 10.1. The third kappa shape index (κ3) is 1.39. The van der Waals surface area contributed by atoms with Crippen molar-refractivity contribution in [2.45, 2.75) is 13.0 Å². The molecule has 0 saturated carbocycles. The van der Waals surface area contributed by atoms with Gasteiger partial charge in [0.2, 0.25) is 11.9 Å². The topological polar surface area (TPSA) is 58.7 Å². The highest BCUT2D eigenvalue weighted by Gasteiger charge is 2.21. The van der Waals surface area contributed by atoms with E-state index in [1.54, 1.807) is 0 Å². The summed E-state index contributed by atoms with van der Waals surface area (Å²) in [6, 6.07) is 0. The van der Waals surface area contributed by atoms with Gasteiger partial charge in [0.05, 0.1) is 5.56 Å². The van der Waals surface area contributed by atoms with Gasteiger partial charge in [-0.1, -0.05) is 5.16 Å². The number of aliphatic imine (C=N–C) groups is 1. The fourth-order valence-electron chi connectivity index (χ4n) is 1.46. The lowest BCUT2D eigenvalue weighted by molar-refractivity contribution is 0.281. The molecule has 0 unspecified atom stereocenters. The van der Waals surface area contributed by atoms with Crippen LogP contribution in [-0.4, -0.2) is 29.7 Å². The van der Waals surface area contributed by atoms with E-state index >= 15 is 0 Å². The minimum Gasteiger partial charge on any atom is -0.359 e. The monoisotopic (exact) mass is 179 g/mol. The van der Waals surface area contributed by atoms with Crippen LogP contribution >= 0.6 is 0 Å². The van der Waals surface area contributed by atoms with Crippen LogP contribution in [0.2, 0.25) is 0 Å². The molecule has 5 nitrogen and oxygen atoms in total. The molecule has 5 heteroatoms. The van der Waals surface area contributed by atoms with E-state index in [-0.39, 0.29) is 0 Å². The quantitative estimate of drug-likeness (QED) is 0.468. The maximum Gasteiger partial charge on any atom is 0.242 e. The average Bonchev–Trinajstić information content (AvgIpc) is 2.49. The molecule has 1 aliphatic rings. The van der Waals surface area contributed by atoms with E-state index in [0.717, 1.165) is 30.8 Å². The Hall–Kier alpha value is -1.45. The second-order valence-corrected chi connectivity index (χ2v) is 3.10. The highest BCUT2D eigenvalue weighted by atomic mass is 16.5. The molecule has 0 radical (unpaired) electrons. The molecular formula is C8H9N3O2. The summed E-state index contributed by atoms with van der Waals surface area (Å²) in [6.45, 7) is 1.69. The molecule has 0 aliphatic carbocycles. The smallest absolute Gasteiger partial charge is 0.242 e. The fraction of sp³-hybridized carbons (Fsp3) is 0.500. The van der Waals surface area contributed by atoms with Crippen molar-refractivity contribution in [2.75, 3.05) is 13.6 Å². The first-order valence-electron chi connectivity index (χ1n) is 4.05. The summed E-state index contributed by atoms with van der Waals surface area (Å²) in [7, 11) is 2.00. The van der Waals surface area contributed by atoms with Gasteiger partial charge in [0.25, 0.3) is 0 Å². The van der Waals surface area contributed by atoms with Gasteiger partial charge in [0, 0.05) is 19.5 Å². The molecule has 0 atom stereocenters. The minimum atomic E-state index is 0.372. The Morgan fingerprint density at radius 2 is 2.54 bits per heavy atom. The zero-order valence-corrected chi connectivity index (χ0v) is 7.28. The molecule has 0 fully saturated rings. The number of hydrogen-bond donors (Lipinski definition) is 0. The summed E-state index contributed by atoms with van der Waals surface area (Å²) in [4.78, 5) is 15.7. The molecule has 1 aromatic heterocycles. The molecule has 68 valence electrons. The number of nitrogens with zero attached hydrogens (tertiary/aromatic N) is 3. The molecule has 0 bridgehead atoms. The first-order valence-corrected chi connectivity index (χ1v) is 4.05. The van der Waals surface area contributed by atoms with Crippen LogP contribution in [0.1, 0.15) is 11.3 Å². The highest BCUT2D eigenvalue weighted by Crippen LogP contribution is 2.26. The molecule has 0 saturated heterocycles. The van der Waals surface area contributed by atoms with E-state index in [9.17, 15) is 4.79 Å². The number of hydrogen-bond acceptors (Lipinski definition) is 5. The Morgan fingerprint density at radius 3 is 3.31 bits per heavy atom. The molecule has 1 aromatic rings. The Kier molecular flexibility index (Phi) is 1.96.